The van der Waals surface area contributed by atoms with Crippen LogP contribution in [-0.2, 0) is 11.2 Å². The number of carbonyl (C=O) groups is 1. The highest BCUT2D eigenvalue weighted by atomic mass is 79.9. The zero-order valence-electron chi connectivity index (χ0n) is 8.52. The number of rotatable bonds is 5. The Kier molecular flexibility index (Phi) is 4.91. The number of benzene rings is 1. The number of Topliss-reactive ketones (excluding diaryl/α,β-unsaturated/α-hetero) is 1. The Hall–Kier alpha value is -0.740. The van der Waals surface area contributed by atoms with Crippen LogP contribution in [0.1, 0.15) is 12.5 Å². The number of hydrogen-bond acceptors (Lipinski definition) is 2. The van der Waals surface area contributed by atoms with E-state index < -0.39 is 0 Å². The molecule has 0 saturated carbocycles. The van der Waals surface area contributed by atoms with Gasteiger partial charge in [-0.05, 0) is 43.7 Å². The molecule has 0 spiro atoms. The van der Waals surface area contributed by atoms with Crippen molar-refractivity contribution in [1.82, 2.24) is 5.32 Å². The number of carbonyl (C=O) groups excluding carboxylic acids is 1. The maximum atomic E-state index is 13.2. The van der Waals surface area contributed by atoms with Crippen LogP contribution in [0.15, 0.2) is 22.7 Å². The minimum absolute atomic E-state index is 0.0877. The summed E-state index contributed by atoms with van der Waals surface area (Å²) in [6, 6.07) is 4.86. The van der Waals surface area contributed by atoms with Gasteiger partial charge in [0.2, 0.25) is 0 Å². The summed E-state index contributed by atoms with van der Waals surface area (Å²) in [6.07, 6.45) is 0.582. The summed E-state index contributed by atoms with van der Waals surface area (Å²) in [5.41, 5.74) is 0.653. The molecule has 1 aromatic carbocycles. The molecule has 0 aliphatic rings. The predicted octanol–water partition coefficient (Wildman–Crippen LogP) is 2.31. The monoisotopic (exact) mass is 273 g/mol. The molecule has 4 heteroatoms. The lowest BCUT2D eigenvalue weighted by atomic mass is 10.1. The van der Waals surface area contributed by atoms with E-state index in [1.54, 1.807) is 12.1 Å². The van der Waals surface area contributed by atoms with E-state index in [0.29, 0.717) is 25.1 Å². The van der Waals surface area contributed by atoms with Crippen molar-refractivity contribution >= 4 is 21.7 Å². The Balaban J connectivity index is 2.43. The van der Waals surface area contributed by atoms with Gasteiger partial charge in [-0.2, -0.15) is 0 Å². The van der Waals surface area contributed by atoms with E-state index in [1.165, 1.54) is 13.0 Å². The lowest BCUT2D eigenvalue weighted by molar-refractivity contribution is -0.116. The summed E-state index contributed by atoms with van der Waals surface area (Å²) in [4.78, 5) is 10.6. The Morgan fingerprint density at radius 3 is 2.93 bits per heavy atom. The minimum atomic E-state index is -0.206. The number of halogens is 2. The SMILES string of the molecule is CC(=O)CNCCc1cc(Br)ccc1F. The fourth-order valence-electron chi connectivity index (χ4n) is 1.22. The van der Waals surface area contributed by atoms with Crippen LogP contribution in [0.4, 0.5) is 4.39 Å². The van der Waals surface area contributed by atoms with Crippen molar-refractivity contribution in [3.05, 3.63) is 34.1 Å². The molecule has 1 N–H and O–H groups in total. The summed E-state index contributed by atoms with van der Waals surface area (Å²) < 4.78 is 14.1. The van der Waals surface area contributed by atoms with Gasteiger partial charge in [0.15, 0.2) is 0 Å². The van der Waals surface area contributed by atoms with Crippen molar-refractivity contribution in [1.29, 1.82) is 0 Å². The highest BCUT2D eigenvalue weighted by Gasteiger charge is 2.02. The van der Waals surface area contributed by atoms with Crippen LogP contribution < -0.4 is 5.32 Å². The van der Waals surface area contributed by atoms with E-state index in [-0.39, 0.29) is 11.6 Å². The van der Waals surface area contributed by atoms with Crippen molar-refractivity contribution < 1.29 is 9.18 Å². The maximum absolute atomic E-state index is 13.2. The normalized spacial score (nSPS) is 10.3. The van der Waals surface area contributed by atoms with Gasteiger partial charge in [-0.1, -0.05) is 15.9 Å². The van der Waals surface area contributed by atoms with Gasteiger partial charge in [-0.3, -0.25) is 4.79 Å². The van der Waals surface area contributed by atoms with E-state index in [4.69, 9.17) is 0 Å². The van der Waals surface area contributed by atoms with Gasteiger partial charge in [0, 0.05) is 4.47 Å². The first-order chi connectivity index (χ1) is 7.09. The molecule has 1 rings (SSSR count). The smallest absolute Gasteiger partial charge is 0.143 e. The first kappa shape index (κ1) is 12.3. The fourth-order valence-corrected chi connectivity index (χ4v) is 1.63. The molecule has 0 radical (unpaired) electrons. The second-order valence-electron chi connectivity index (χ2n) is 3.36. The molecular weight excluding hydrogens is 261 g/mol. The Labute approximate surface area is 97.0 Å². The van der Waals surface area contributed by atoms with Gasteiger partial charge >= 0.3 is 0 Å². The van der Waals surface area contributed by atoms with Gasteiger partial charge in [0.05, 0.1) is 6.54 Å². The molecule has 82 valence electrons. The minimum Gasteiger partial charge on any atom is -0.310 e. The Bertz CT molecular complexity index is 354. The van der Waals surface area contributed by atoms with Gasteiger partial charge < -0.3 is 5.32 Å². The van der Waals surface area contributed by atoms with Crippen LogP contribution in [0, 0.1) is 5.82 Å². The summed E-state index contributed by atoms with van der Waals surface area (Å²) in [5.74, 6) is -0.118. The van der Waals surface area contributed by atoms with E-state index >= 15 is 0 Å². The van der Waals surface area contributed by atoms with Gasteiger partial charge in [-0.25, -0.2) is 4.39 Å². The molecular formula is C11H13BrFNO. The molecule has 0 aliphatic heterocycles. The van der Waals surface area contributed by atoms with Crippen molar-refractivity contribution in [2.45, 2.75) is 13.3 Å². The molecule has 0 saturated heterocycles. The average molecular weight is 274 g/mol. The standard InChI is InChI=1S/C11H13BrFNO/c1-8(15)7-14-5-4-9-6-10(12)2-3-11(9)13/h2-3,6,14H,4-5,7H2,1H3. The molecule has 0 aromatic heterocycles. The second-order valence-corrected chi connectivity index (χ2v) is 4.28. The topological polar surface area (TPSA) is 29.1 Å². The first-order valence-corrected chi connectivity index (χ1v) is 5.53. The van der Waals surface area contributed by atoms with Crippen molar-refractivity contribution in [2.75, 3.05) is 13.1 Å². The number of nitrogens with one attached hydrogen (secondary N) is 1. The predicted molar refractivity (Wildman–Crippen MR) is 61.4 cm³/mol. The summed E-state index contributed by atoms with van der Waals surface area (Å²) >= 11 is 3.29. The van der Waals surface area contributed by atoms with E-state index in [9.17, 15) is 9.18 Å². The fraction of sp³-hybridized carbons (Fsp3) is 0.364. The largest absolute Gasteiger partial charge is 0.310 e. The average Bonchev–Trinajstić information content (AvgIpc) is 2.17. The highest BCUT2D eigenvalue weighted by Crippen LogP contribution is 2.15. The molecule has 0 heterocycles. The molecule has 2 nitrogen and oxygen atoms in total. The van der Waals surface area contributed by atoms with Gasteiger partial charge in [-0.15, -0.1) is 0 Å². The Morgan fingerprint density at radius 2 is 2.27 bits per heavy atom. The third-order valence-corrected chi connectivity index (χ3v) is 2.45. The Morgan fingerprint density at radius 1 is 1.53 bits per heavy atom. The quantitative estimate of drug-likeness (QED) is 0.835. The third kappa shape index (κ3) is 4.53. The number of hydrogen-bond donors (Lipinski definition) is 1. The molecule has 0 unspecified atom stereocenters. The van der Waals surface area contributed by atoms with Crippen LogP contribution in [0.5, 0.6) is 0 Å². The summed E-state index contributed by atoms with van der Waals surface area (Å²) in [5, 5.41) is 2.95. The zero-order chi connectivity index (χ0) is 11.3. The van der Waals surface area contributed by atoms with Gasteiger partial charge in [0.1, 0.15) is 11.6 Å². The van der Waals surface area contributed by atoms with Crippen LogP contribution in [0.3, 0.4) is 0 Å². The van der Waals surface area contributed by atoms with Crippen LogP contribution in [0.2, 0.25) is 0 Å². The number of ketones is 1. The molecule has 0 atom stereocenters. The molecule has 0 bridgehead atoms. The van der Waals surface area contributed by atoms with E-state index in [2.05, 4.69) is 21.2 Å². The molecule has 0 amide bonds. The molecule has 15 heavy (non-hydrogen) atoms. The van der Waals surface area contributed by atoms with Crippen molar-refractivity contribution in [2.24, 2.45) is 0 Å². The van der Waals surface area contributed by atoms with Crippen molar-refractivity contribution in [3.63, 3.8) is 0 Å². The van der Waals surface area contributed by atoms with Gasteiger partial charge in [0.25, 0.3) is 0 Å². The third-order valence-electron chi connectivity index (χ3n) is 1.95. The maximum Gasteiger partial charge on any atom is 0.143 e. The summed E-state index contributed by atoms with van der Waals surface area (Å²) in [6.45, 7) is 2.47. The summed E-state index contributed by atoms with van der Waals surface area (Å²) in [7, 11) is 0. The van der Waals surface area contributed by atoms with E-state index in [1.807, 2.05) is 0 Å². The lowest BCUT2D eigenvalue weighted by Gasteiger charge is -2.04. The van der Waals surface area contributed by atoms with Crippen LogP contribution in [0.25, 0.3) is 0 Å². The first-order valence-electron chi connectivity index (χ1n) is 4.73. The molecule has 0 aliphatic carbocycles. The van der Waals surface area contributed by atoms with Crippen LogP contribution >= 0.6 is 15.9 Å². The molecule has 1 aromatic rings. The second kappa shape index (κ2) is 5.98. The zero-order valence-corrected chi connectivity index (χ0v) is 10.1. The lowest BCUT2D eigenvalue weighted by Crippen LogP contribution is -2.23. The van der Waals surface area contributed by atoms with Crippen molar-refractivity contribution in [3.8, 4) is 0 Å². The highest BCUT2D eigenvalue weighted by molar-refractivity contribution is 9.10. The molecule has 0 fully saturated rings. The van der Waals surface area contributed by atoms with Crippen LogP contribution in [-0.4, -0.2) is 18.9 Å². The van der Waals surface area contributed by atoms with E-state index in [0.717, 1.165) is 4.47 Å².